The van der Waals surface area contributed by atoms with Gasteiger partial charge in [-0.2, -0.15) is 0 Å². The van der Waals surface area contributed by atoms with E-state index in [0.29, 0.717) is 24.7 Å². The van der Waals surface area contributed by atoms with E-state index in [9.17, 15) is 14.7 Å². The van der Waals surface area contributed by atoms with Crippen LogP contribution in [-0.4, -0.2) is 29.3 Å². The molecule has 0 saturated heterocycles. The van der Waals surface area contributed by atoms with Crippen LogP contribution < -0.4 is 5.32 Å². The zero-order valence-corrected chi connectivity index (χ0v) is 13.9. The summed E-state index contributed by atoms with van der Waals surface area (Å²) in [5.74, 6) is 0.0461. The second-order valence-corrected chi connectivity index (χ2v) is 7.54. The lowest BCUT2D eigenvalue weighted by Crippen LogP contribution is -2.47. The van der Waals surface area contributed by atoms with Gasteiger partial charge in [0.25, 0.3) is 0 Å². The SMILES string of the molecule is CC(C)C1CCCC(CNC(=O)OC(C)(C)C)(C(=O)O)C1. The molecule has 1 aliphatic carbocycles. The molecule has 2 unspecified atom stereocenters. The molecule has 0 heterocycles. The molecule has 2 atom stereocenters. The molecule has 1 amide bonds. The molecule has 1 aliphatic rings. The molecule has 5 heteroatoms. The van der Waals surface area contributed by atoms with Gasteiger partial charge in [0, 0.05) is 6.54 Å². The summed E-state index contributed by atoms with van der Waals surface area (Å²) in [6.45, 7) is 9.76. The Kier molecular flexibility index (Phi) is 5.65. The third-order valence-electron chi connectivity index (χ3n) is 4.25. The molecule has 0 aromatic heterocycles. The number of aliphatic carboxylic acids is 1. The smallest absolute Gasteiger partial charge is 0.407 e. The van der Waals surface area contributed by atoms with Crippen LogP contribution in [0.3, 0.4) is 0 Å². The highest BCUT2D eigenvalue weighted by Crippen LogP contribution is 2.42. The quantitative estimate of drug-likeness (QED) is 0.834. The summed E-state index contributed by atoms with van der Waals surface area (Å²) in [4.78, 5) is 23.5. The van der Waals surface area contributed by atoms with Crippen molar-refractivity contribution in [2.75, 3.05) is 6.54 Å². The molecule has 0 radical (unpaired) electrons. The molecule has 1 rings (SSSR count). The topological polar surface area (TPSA) is 75.6 Å². The Morgan fingerprint density at radius 1 is 1.38 bits per heavy atom. The van der Waals surface area contributed by atoms with E-state index in [4.69, 9.17) is 4.74 Å². The summed E-state index contributed by atoms with van der Waals surface area (Å²) in [5.41, 5.74) is -1.43. The first-order valence-electron chi connectivity index (χ1n) is 7.76. The van der Waals surface area contributed by atoms with Crippen molar-refractivity contribution >= 4 is 12.1 Å². The Bertz CT molecular complexity index is 386. The number of hydrogen-bond donors (Lipinski definition) is 2. The molecule has 1 fully saturated rings. The molecule has 0 aromatic rings. The minimum absolute atomic E-state index is 0.139. The van der Waals surface area contributed by atoms with E-state index < -0.39 is 23.1 Å². The number of rotatable bonds is 4. The summed E-state index contributed by atoms with van der Waals surface area (Å²) in [6, 6.07) is 0. The minimum atomic E-state index is -0.857. The molecule has 21 heavy (non-hydrogen) atoms. The van der Waals surface area contributed by atoms with Gasteiger partial charge in [0.1, 0.15) is 5.60 Å². The van der Waals surface area contributed by atoms with Crippen LogP contribution in [0.5, 0.6) is 0 Å². The van der Waals surface area contributed by atoms with E-state index in [-0.39, 0.29) is 6.54 Å². The molecule has 0 aromatic carbocycles. The van der Waals surface area contributed by atoms with Gasteiger partial charge in [-0.05, 0) is 45.4 Å². The normalized spacial score (nSPS) is 26.5. The Morgan fingerprint density at radius 2 is 2.00 bits per heavy atom. The summed E-state index contributed by atoms with van der Waals surface area (Å²) in [6.07, 6.45) is 2.65. The predicted molar refractivity (Wildman–Crippen MR) is 81.1 cm³/mol. The lowest BCUT2D eigenvalue weighted by molar-refractivity contribution is -0.152. The molecule has 0 aliphatic heterocycles. The van der Waals surface area contributed by atoms with Gasteiger partial charge in [-0.3, -0.25) is 4.79 Å². The van der Waals surface area contributed by atoms with Gasteiger partial charge in [0.2, 0.25) is 0 Å². The summed E-state index contributed by atoms with van der Waals surface area (Å²) < 4.78 is 5.18. The van der Waals surface area contributed by atoms with Crippen molar-refractivity contribution in [2.24, 2.45) is 17.3 Å². The van der Waals surface area contributed by atoms with Crippen LogP contribution in [0, 0.1) is 17.3 Å². The highest BCUT2D eigenvalue weighted by molar-refractivity contribution is 5.76. The van der Waals surface area contributed by atoms with E-state index in [1.807, 2.05) is 0 Å². The second-order valence-electron chi connectivity index (χ2n) is 7.54. The number of alkyl carbamates (subject to hydrolysis) is 1. The fourth-order valence-electron chi connectivity index (χ4n) is 2.96. The van der Waals surface area contributed by atoms with Crippen molar-refractivity contribution in [2.45, 2.75) is 65.9 Å². The monoisotopic (exact) mass is 299 g/mol. The molecular weight excluding hydrogens is 270 g/mol. The van der Waals surface area contributed by atoms with Crippen LogP contribution in [0.15, 0.2) is 0 Å². The van der Waals surface area contributed by atoms with Crippen LogP contribution in [0.25, 0.3) is 0 Å². The van der Waals surface area contributed by atoms with Crippen molar-refractivity contribution in [3.05, 3.63) is 0 Å². The maximum Gasteiger partial charge on any atom is 0.407 e. The van der Waals surface area contributed by atoms with Gasteiger partial charge in [-0.1, -0.05) is 26.7 Å². The number of ether oxygens (including phenoxy) is 1. The van der Waals surface area contributed by atoms with Crippen molar-refractivity contribution in [3.63, 3.8) is 0 Å². The number of carboxylic acid groups (broad SMARTS) is 1. The molecule has 2 N–H and O–H groups in total. The molecule has 0 spiro atoms. The van der Waals surface area contributed by atoms with E-state index >= 15 is 0 Å². The first kappa shape index (κ1) is 17.8. The average Bonchev–Trinajstić information content (AvgIpc) is 2.34. The lowest BCUT2D eigenvalue weighted by Gasteiger charge is -2.39. The van der Waals surface area contributed by atoms with Gasteiger partial charge < -0.3 is 15.2 Å². The van der Waals surface area contributed by atoms with Gasteiger partial charge in [-0.15, -0.1) is 0 Å². The summed E-state index contributed by atoms with van der Waals surface area (Å²) in [7, 11) is 0. The van der Waals surface area contributed by atoms with Crippen LogP contribution >= 0.6 is 0 Å². The fourth-order valence-corrected chi connectivity index (χ4v) is 2.96. The number of nitrogens with one attached hydrogen (secondary N) is 1. The maximum atomic E-state index is 11.8. The third-order valence-corrected chi connectivity index (χ3v) is 4.25. The molecule has 122 valence electrons. The van der Waals surface area contributed by atoms with Gasteiger partial charge in [-0.25, -0.2) is 4.79 Å². The van der Waals surface area contributed by atoms with Crippen molar-refractivity contribution < 1.29 is 19.4 Å². The Balaban J connectivity index is 2.69. The van der Waals surface area contributed by atoms with E-state index in [0.717, 1.165) is 12.8 Å². The molecule has 5 nitrogen and oxygen atoms in total. The molecular formula is C16H29NO4. The van der Waals surface area contributed by atoms with Gasteiger partial charge in [0.05, 0.1) is 5.41 Å². The number of carbonyl (C=O) groups is 2. The largest absolute Gasteiger partial charge is 0.481 e. The highest BCUT2D eigenvalue weighted by Gasteiger charge is 2.44. The maximum absolute atomic E-state index is 11.8. The number of amides is 1. The van der Waals surface area contributed by atoms with Crippen LogP contribution in [-0.2, 0) is 9.53 Å². The Hall–Kier alpha value is -1.26. The van der Waals surface area contributed by atoms with Crippen LogP contribution in [0.4, 0.5) is 4.79 Å². The van der Waals surface area contributed by atoms with E-state index in [2.05, 4.69) is 19.2 Å². The highest BCUT2D eigenvalue weighted by atomic mass is 16.6. The first-order valence-corrected chi connectivity index (χ1v) is 7.76. The van der Waals surface area contributed by atoms with Crippen molar-refractivity contribution in [3.8, 4) is 0 Å². The van der Waals surface area contributed by atoms with E-state index in [1.54, 1.807) is 20.8 Å². The molecule has 0 bridgehead atoms. The average molecular weight is 299 g/mol. The fraction of sp³-hybridized carbons (Fsp3) is 0.875. The van der Waals surface area contributed by atoms with Crippen molar-refractivity contribution in [1.82, 2.24) is 5.32 Å². The second kappa shape index (κ2) is 6.67. The van der Waals surface area contributed by atoms with Gasteiger partial charge >= 0.3 is 12.1 Å². The van der Waals surface area contributed by atoms with E-state index in [1.165, 1.54) is 0 Å². The number of carboxylic acids is 1. The minimum Gasteiger partial charge on any atom is -0.481 e. The molecule has 1 saturated carbocycles. The standard InChI is InChI=1S/C16H29NO4/c1-11(2)12-7-6-8-16(9-12,13(18)19)10-17-14(20)21-15(3,4)5/h11-12H,6-10H2,1-5H3,(H,17,20)(H,18,19). The third kappa shape index (κ3) is 5.21. The first-order chi connectivity index (χ1) is 9.56. The predicted octanol–water partition coefficient (Wildman–Crippen LogP) is 3.43. The number of hydrogen-bond acceptors (Lipinski definition) is 3. The Labute approximate surface area is 127 Å². The zero-order chi connectivity index (χ0) is 16.3. The number of carbonyl (C=O) groups excluding carboxylic acids is 1. The van der Waals surface area contributed by atoms with Crippen molar-refractivity contribution in [1.29, 1.82) is 0 Å². The summed E-state index contributed by atoms with van der Waals surface area (Å²) in [5, 5.41) is 12.3. The summed E-state index contributed by atoms with van der Waals surface area (Å²) >= 11 is 0. The van der Waals surface area contributed by atoms with Gasteiger partial charge in [0.15, 0.2) is 0 Å². The lowest BCUT2D eigenvalue weighted by atomic mass is 9.66. The van der Waals surface area contributed by atoms with Crippen LogP contribution in [0.2, 0.25) is 0 Å². The zero-order valence-electron chi connectivity index (χ0n) is 13.9. The Morgan fingerprint density at radius 3 is 2.48 bits per heavy atom. The van der Waals surface area contributed by atoms with Crippen LogP contribution in [0.1, 0.15) is 60.3 Å².